The number of imide groups is 2. The van der Waals surface area contributed by atoms with Gasteiger partial charge in [0.1, 0.15) is 0 Å². The first-order valence-corrected chi connectivity index (χ1v) is 9.73. The maximum absolute atomic E-state index is 13.3. The third-order valence-corrected chi connectivity index (χ3v) is 5.74. The van der Waals surface area contributed by atoms with Crippen LogP contribution in [0.25, 0.3) is 0 Å². The van der Waals surface area contributed by atoms with E-state index in [0.717, 1.165) is 0 Å². The molecule has 4 N–H and O–H groups in total. The molecule has 2 atom stereocenters. The van der Waals surface area contributed by atoms with Crippen LogP contribution >= 0.6 is 35.4 Å². The lowest BCUT2D eigenvalue weighted by Crippen LogP contribution is -2.73. The van der Waals surface area contributed by atoms with E-state index in [-0.39, 0.29) is 5.11 Å². The van der Waals surface area contributed by atoms with Gasteiger partial charge in [0.15, 0.2) is 10.5 Å². The van der Waals surface area contributed by atoms with E-state index in [2.05, 4.69) is 21.3 Å². The molecular weight excluding hydrogens is 435 g/mol. The highest BCUT2D eigenvalue weighted by molar-refractivity contribution is 7.80. The predicted molar refractivity (Wildman–Crippen MR) is 111 cm³/mol. The highest BCUT2D eigenvalue weighted by Gasteiger charge is 2.63. The second-order valence-corrected chi connectivity index (χ2v) is 7.98. The smallest absolute Gasteiger partial charge is 0.328 e. The summed E-state index contributed by atoms with van der Waals surface area (Å²) in [6, 6.07) is 10.8. The Labute approximate surface area is 181 Å². The first-order valence-electron chi connectivity index (χ1n) is 8.57. The van der Waals surface area contributed by atoms with Crippen LogP contribution in [0.5, 0.6) is 0 Å². The molecule has 0 aromatic heterocycles. The minimum atomic E-state index is -1.79. The van der Waals surface area contributed by atoms with Crippen LogP contribution in [0, 0.1) is 5.41 Å². The van der Waals surface area contributed by atoms with Crippen molar-refractivity contribution in [3.05, 3.63) is 69.7 Å². The van der Waals surface area contributed by atoms with Crippen LogP contribution in [-0.4, -0.2) is 23.0 Å². The summed E-state index contributed by atoms with van der Waals surface area (Å²) < 4.78 is 0. The number of urea groups is 1. The van der Waals surface area contributed by atoms with Crippen molar-refractivity contribution in [1.82, 2.24) is 21.3 Å². The molecule has 29 heavy (non-hydrogen) atoms. The average molecular weight is 449 g/mol. The summed E-state index contributed by atoms with van der Waals surface area (Å²) in [4.78, 5) is 38.3. The molecule has 2 heterocycles. The maximum Gasteiger partial charge on any atom is 0.328 e. The largest absolute Gasteiger partial charge is 0.354 e. The Morgan fingerprint density at radius 3 is 1.66 bits per heavy atom. The molecule has 0 aliphatic carbocycles. The summed E-state index contributed by atoms with van der Waals surface area (Å²) >= 11 is 17.7. The number of nitrogens with one attached hydrogen (secondary N) is 4. The van der Waals surface area contributed by atoms with Gasteiger partial charge < -0.3 is 10.6 Å². The number of amides is 4. The summed E-state index contributed by atoms with van der Waals surface area (Å²) in [5, 5.41) is 11.5. The Morgan fingerprint density at radius 1 is 0.793 bits per heavy atom. The van der Waals surface area contributed by atoms with Crippen molar-refractivity contribution in [2.75, 3.05) is 0 Å². The number of hydrogen-bond donors (Lipinski definition) is 4. The molecule has 2 fully saturated rings. The van der Waals surface area contributed by atoms with Crippen molar-refractivity contribution in [2.24, 2.45) is 5.41 Å². The number of carbonyl (C=O) groups is 3. The SMILES string of the molecule is O=C1NC(=O)C2(C(=O)N1)C(c1cccc(Cl)c1)NC(=S)NC2c1cccc(Cl)c1. The number of hydrogen-bond acceptors (Lipinski definition) is 4. The number of halogens is 2. The molecule has 0 bridgehead atoms. The van der Waals surface area contributed by atoms with Crippen molar-refractivity contribution < 1.29 is 14.4 Å². The molecule has 0 radical (unpaired) electrons. The van der Waals surface area contributed by atoms with Crippen LogP contribution in [0.15, 0.2) is 48.5 Å². The van der Waals surface area contributed by atoms with E-state index in [1.54, 1.807) is 48.5 Å². The Morgan fingerprint density at radius 2 is 1.24 bits per heavy atom. The third-order valence-electron chi connectivity index (χ3n) is 5.03. The molecular formula is C19H14Cl2N4O3S. The zero-order chi connectivity index (χ0) is 20.8. The zero-order valence-corrected chi connectivity index (χ0v) is 17.0. The minimum Gasteiger partial charge on any atom is -0.354 e. The van der Waals surface area contributed by atoms with Gasteiger partial charge in [0.25, 0.3) is 0 Å². The fraction of sp³-hybridized carbons (Fsp3) is 0.158. The summed E-state index contributed by atoms with van der Waals surface area (Å²) in [5.41, 5.74) is -0.660. The highest BCUT2D eigenvalue weighted by atomic mass is 35.5. The van der Waals surface area contributed by atoms with Crippen LogP contribution < -0.4 is 21.3 Å². The molecule has 2 aromatic carbocycles. The summed E-state index contributed by atoms with van der Waals surface area (Å²) in [5.74, 6) is -1.52. The van der Waals surface area contributed by atoms with E-state index in [4.69, 9.17) is 35.4 Å². The van der Waals surface area contributed by atoms with E-state index in [9.17, 15) is 14.4 Å². The maximum atomic E-state index is 13.3. The van der Waals surface area contributed by atoms with Crippen molar-refractivity contribution in [3.8, 4) is 0 Å². The number of carbonyl (C=O) groups excluding carboxylic acids is 3. The van der Waals surface area contributed by atoms with E-state index in [1.165, 1.54) is 0 Å². The van der Waals surface area contributed by atoms with Gasteiger partial charge in [-0.25, -0.2) is 4.79 Å². The van der Waals surface area contributed by atoms with Gasteiger partial charge in [0, 0.05) is 10.0 Å². The van der Waals surface area contributed by atoms with E-state index in [1.807, 2.05) is 0 Å². The summed E-state index contributed by atoms with van der Waals surface area (Å²) in [6.45, 7) is 0. The lowest BCUT2D eigenvalue weighted by molar-refractivity contribution is -0.149. The van der Waals surface area contributed by atoms with Gasteiger partial charge in [-0.2, -0.15) is 0 Å². The van der Waals surface area contributed by atoms with Crippen LogP contribution in [0.2, 0.25) is 10.0 Å². The van der Waals surface area contributed by atoms with Gasteiger partial charge in [-0.3, -0.25) is 20.2 Å². The van der Waals surface area contributed by atoms with Crippen molar-refractivity contribution in [1.29, 1.82) is 0 Å². The topological polar surface area (TPSA) is 99.3 Å². The monoisotopic (exact) mass is 448 g/mol. The number of benzene rings is 2. The molecule has 10 heteroatoms. The normalized spacial score (nSPS) is 23.1. The predicted octanol–water partition coefficient (Wildman–Crippen LogP) is 2.61. The van der Waals surface area contributed by atoms with Crippen molar-refractivity contribution in [2.45, 2.75) is 12.1 Å². The fourth-order valence-corrected chi connectivity index (χ4v) is 4.47. The molecule has 2 aliphatic heterocycles. The van der Waals surface area contributed by atoms with Crippen molar-refractivity contribution >= 4 is 58.4 Å². The van der Waals surface area contributed by atoms with Crippen LogP contribution in [0.4, 0.5) is 4.79 Å². The molecule has 2 aromatic rings. The summed E-state index contributed by atoms with van der Waals surface area (Å²) in [6.07, 6.45) is 0. The lowest BCUT2D eigenvalue weighted by atomic mass is 9.65. The standard InChI is InChI=1S/C19H14Cl2N4O3S/c20-11-5-1-3-9(7-11)13-19(15(26)24-17(28)25-16(19)27)14(23-18(29)22-13)10-4-2-6-12(21)8-10/h1-8,13-14H,(H2,22,23,29)(H2,24,25,26,27,28). The first kappa shape index (κ1) is 19.6. The average Bonchev–Trinajstić information content (AvgIpc) is 2.66. The van der Waals surface area contributed by atoms with Crippen molar-refractivity contribution in [3.63, 3.8) is 0 Å². The van der Waals surface area contributed by atoms with E-state index in [0.29, 0.717) is 21.2 Å². The Balaban J connectivity index is 1.96. The molecule has 148 valence electrons. The molecule has 0 saturated carbocycles. The molecule has 1 spiro atoms. The molecule has 2 unspecified atom stereocenters. The minimum absolute atomic E-state index is 0.239. The van der Waals surface area contributed by atoms with Gasteiger partial charge in [-0.1, -0.05) is 47.5 Å². The molecule has 4 rings (SSSR count). The zero-order valence-electron chi connectivity index (χ0n) is 14.7. The molecule has 7 nitrogen and oxygen atoms in total. The van der Waals surface area contributed by atoms with E-state index >= 15 is 0 Å². The fourth-order valence-electron chi connectivity index (χ4n) is 3.83. The van der Waals surface area contributed by atoms with Gasteiger partial charge in [0.2, 0.25) is 11.8 Å². The van der Waals surface area contributed by atoms with Gasteiger partial charge in [-0.15, -0.1) is 0 Å². The van der Waals surface area contributed by atoms with Crippen LogP contribution in [0.1, 0.15) is 23.2 Å². The highest BCUT2D eigenvalue weighted by Crippen LogP contribution is 2.48. The molecule has 2 aliphatic rings. The first-order chi connectivity index (χ1) is 13.8. The van der Waals surface area contributed by atoms with Crippen LogP contribution in [0.3, 0.4) is 0 Å². The number of rotatable bonds is 2. The molecule has 4 amide bonds. The molecule has 2 saturated heterocycles. The van der Waals surface area contributed by atoms with Gasteiger partial charge >= 0.3 is 6.03 Å². The lowest BCUT2D eigenvalue weighted by Gasteiger charge is -2.49. The summed E-state index contributed by atoms with van der Waals surface area (Å²) in [7, 11) is 0. The van der Waals surface area contributed by atoms with Gasteiger partial charge in [0.05, 0.1) is 12.1 Å². The second kappa shape index (κ2) is 7.29. The number of barbiturate groups is 1. The number of thiocarbonyl (C=S) groups is 1. The van der Waals surface area contributed by atoms with E-state index < -0.39 is 35.3 Å². The Kier molecular flexibility index (Phi) is 4.94. The Hall–Kier alpha value is -2.68. The Bertz CT molecular complexity index is 982. The van der Waals surface area contributed by atoms with Crippen LogP contribution in [-0.2, 0) is 9.59 Å². The quantitative estimate of drug-likeness (QED) is 0.416. The van der Waals surface area contributed by atoms with Gasteiger partial charge in [-0.05, 0) is 47.6 Å². The third kappa shape index (κ3) is 3.23. The second-order valence-electron chi connectivity index (χ2n) is 6.70.